The molecule has 21 heavy (non-hydrogen) atoms. The SMILES string of the molecule is CN(CCCC(=O)O)C(=O)/C=C/c1ccc2c(c1)CCO2. The zero-order chi connectivity index (χ0) is 15.2. The standard InChI is InChI=1S/C16H19NO4/c1-17(9-2-3-16(19)20)15(18)7-5-12-4-6-14-13(11-12)8-10-21-14/h4-7,11H,2-3,8-10H2,1H3,(H,19,20)/b7-5+. The number of fused-ring (bicyclic) bond motifs is 1. The van der Waals surface area contributed by atoms with Crippen molar-refractivity contribution < 1.29 is 19.4 Å². The molecule has 1 amide bonds. The summed E-state index contributed by atoms with van der Waals surface area (Å²) < 4.78 is 5.43. The Morgan fingerprint density at radius 1 is 1.43 bits per heavy atom. The van der Waals surface area contributed by atoms with Crippen molar-refractivity contribution >= 4 is 18.0 Å². The first-order chi connectivity index (χ1) is 10.1. The summed E-state index contributed by atoms with van der Waals surface area (Å²) >= 11 is 0. The highest BCUT2D eigenvalue weighted by atomic mass is 16.5. The minimum atomic E-state index is -0.841. The number of hydrogen-bond donors (Lipinski definition) is 1. The second-order valence-electron chi connectivity index (χ2n) is 5.06. The van der Waals surface area contributed by atoms with Gasteiger partial charge in [0.2, 0.25) is 5.91 Å². The molecule has 0 fully saturated rings. The molecule has 0 radical (unpaired) electrons. The van der Waals surface area contributed by atoms with E-state index in [1.165, 1.54) is 16.5 Å². The Bertz CT molecular complexity index is 565. The lowest BCUT2D eigenvalue weighted by atomic mass is 10.1. The normalized spacial score (nSPS) is 13.0. The van der Waals surface area contributed by atoms with Gasteiger partial charge in [0.25, 0.3) is 0 Å². The molecule has 0 unspecified atom stereocenters. The molecule has 0 atom stereocenters. The van der Waals surface area contributed by atoms with Crippen LogP contribution in [0.5, 0.6) is 5.75 Å². The number of nitrogens with zero attached hydrogens (tertiary/aromatic N) is 1. The van der Waals surface area contributed by atoms with Crippen LogP contribution in [-0.2, 0) is 16.0 Å². The summed E-state index contributed by atoms with van der Waals surface area (Å²) in [7, 11) is 1.67. The van der Waals surface area contributed by atoms with Crippen LogP contribution in [0.1, 0.15) is 24.0 Å². The van der Waals surface area contributed by atoms with Crippen molar-refractivity contribution in [1.29, 1.82) is 0 Å². The smallest absolute Gasteiger partial charge is 0.303 e. The largest absolute Gasteiger partial charge is 0.493 e. The van der Waals surface area contributed by atoms with E-state index in [-0.39, 0.29) is 12.3 Å². The van der Waals surface area contributed by atoms with Gasteiger partial charge in [0, 0.05) is 32.5 Å². The molecule has 1 aromatic carbocycles. The predicted octanol–water partition coefficient (Wildman–Crippen LogP) is 1.96. The van der Waals surface area contributed by atoms with Crippen LogP contribution >= 0.6 is 0 Å². The zero-order valence-electron chi connectivity index (χ0n) is 12.0. The number of carboxylic acids is 1. The molecule has 5 heteroatoms. The van der Waals surface area contributed by atoms with Gasteiger partial charge in [-0.15, -0.1) is 0 Å². The maximum atomic E-state index is 11.9. The van der Waals surface area contributed by atoms with E-state index >= 15 is 0 Å². The highest BCUT2D eigenvalue weighted by Crippen LogP contribution is 2.26. The van der Waals surface area contributed by atoms with Gasteiger partial charge < -0.3 is 14.7 Å². The number of likely N-dealkylation sites (N-methyl/N-ethyl adjacent to an activating group) is 1. The van der Waals surface area contributed by atoms with Gasteiger partial charge in [0.05, 0.1) is 6.61 Å². The first kappa shape index (κ1) is 15.1. The van der Waals surface area contributed by atoms with Gasteiger partial charge in [0.15, 0.2) is 0 Å². The number of hydrogen-bond acceptors (Lipinski definition) is 3. The topological polar surface area (TPSA) is 66.8 Å². The third-order valence-electron chi connectivity index (χ3n) is 3.39. The van der Waals surface area contributed by atoms with Crippen molar-refractivity contribution in [1.82, 2.24) is 4.90 Å². The number of carbonyl (C=O) groups is 2. The minimum absolute atomic E-state index is 0.0756. The molecule has 1 aliphatic rings. The fourth-order valence-electron chi connectivity index (χ4n) is 2.18. The van der Waals surface area contributed by atoms with Gasteiger partial charge in [-0.25, -0.2) is 0 Å². The summed E-state index contributed by atoms with van der Waals surface area (Å²) in [6, 6.07) is 5.86. The molecular formula is C16H19NO4. The summed E-state index contributed by atoms with van der Waals surface area (Å²) in [5.74, 6) is -0.0480. The molecule has 0 aliphatic carbocycles. The highest BCUT2D eigenvalue weighted by Gasteiger charge is 2.11. The van der Waals surface area contributed by atoms with Crippen molar-refractivity contribution in [3.63, 3.8) is 0 Å². The monoisotopic (exact) mass is 289 g/mol. The quantitative estimate of drug-likeness (QED) is 0.813. The first-order valence-corrected chi connectivity index (χ1v) is 6.97. The molecule has 2 rings (SSSR count). The van der Waals surface area contributed by atoms with Gasteiger partial charge in [-0.05, 0) is 35.8 Å². The third kappa shape index (κ3) is 4.34. The fraction of sp³-hybridized carbons (Fsp3) is 0.375. The van der Waals surface area contributed by atoms with Crippen LogP contribution in [0.3, 0.4) is 0 Å². The van der Waals surface area contributed by atoms with E-state index in [9.17, 15) is 9.59 Å². The van der Waals surface area contributed by atoms with E-state index in [1.54, 1.807) is 13.1 Å². The average Bonchev–Trinajstić information content (AvgIpc) is 2.91. The fourth-order valence-corrected chi connectivity index (χ4v) is 2.18. The van der Waals surface area contributed by atoms with Crippen molar-refractivity contribution in [3.05, 3.63) is 35.4 Å². The van der Waals surface area contributed by atoms with Gasteiger partial charge >= 0.3 is 5.97 Å². The number of carbonyl (C=O) groups excluding carboxylic acids is 1. The number of rotatable bonds is 6. The van der Waals surface area contributed by atoms with E-state index in [1.807, 2.05) is 18.2 Å². The molecule has 0 saturated carbocycles. The van der Waals surface area contributed by atoms with Crippen LogP contribution in [0.4, 0.5) is 0 Å². The Balaban J connectivity index is 1.88. The molecule has 0 saturated heterocycles. The molecular weight excluding hydrogens is 270 g/mol. The summed E-state index contributed by atoms with van der Waals surface area (Å²) in [6.45, 7) is 1.15. The Kier molecular flexibility index (Phi) is 4.98. The van der Waals surface area contributed by atoms with Crippen LogP contribution in [0, 0.1) is 0 Å². The summed E-state index contributed by atoms with van der Waals surface area (Å²) in [5.41, 5.74) is 2.13. The molecule has 0 spiro atoms. The van der Waals surface area contributed by atoms with Crippen molar-refractivity contribution in [2.45, 2.75) is 19.3 Å². The van der Waals surface area contributed by atoms with Crippen LogP contribution < -0.4 is 4.74 Å². The van der Waals surface area contributed by atoms with Crippen molar-refractivity contribution in [3.8, 4) is 5.75 Å². The predicted molar refractivity (Wildman–Crippen MR) is 79.2 cm³/mol. The maximum absolute atomic E-state index is 11.9. The van der Waals surface area contributed by atoms with Crippen molar-refractivity contribution in [2.75, 3.05) is 20.2 Å². The lowest BCUT2D eigenvalue weighted by Gasteiger charge is -2.14. The second-order valence-corrected chi connectivity index (χ2v) is 5.06. The minimum Gasteiger partial charge on any atom is -0.493 e. The van der Waals surface area contributed by atoms with Crippen LogP contribution in [0.15, 0.2) is 24.3 Å². The summed E-state index contributed by atoms with van der Waals surface area (Å²) in [5, 5.41) is 8.57. The molecule has 1 heterocycles. The van der Waals surface area contributed by atoms with E-state index in [0.717, 1.165) is 17.7 Å². The molecule has 0 aromatic heterocycles. The van der Waals surface area contributed by atoms with Gasteiger partial charge in [-0.3, -0.25) is 9.59 Å². The van der Waals surface area contributed by atoms with Crippen LogP contribution in [0.2, 0.25) is 0 Å². The lowest BCUT2D eigenvalue weighted by molar-refractivity contribution is -0.137. The average molecular weight is 289 g/mol. The summed E-state index contributed by atoms with van der Waals surface area (Å²) in [6.07, 6.45) is 4.72. The van der Waals surface area contributed by atoms with E-state index in [0.29, 0.717) is 19.6 Å². The Labute approximate surface area is 123 Å². The van der Waals surface area contributed by atoms with Gasteiger partial charge in [-0.2, -0.15) is 0 Å². The number of carboxylic acid groups (broad SMARTS) is 1. The molecule has 5 nitrogen and oxygen atoms in total. The first-order valence-electron chi connectivity index (χ1n) is 6.97. The molecule has 112 valence electrons. The zero-order valence-corrected chi connectivity index (χ0v) is 12.0. The van der Waals surface area contributed by atoms with Gasteiger partial charge in [-0.1, -0.05) is 6.07 Å². The molecule has 1 aromatic rings. The third-order valence-corrected chi connectivity index (χ3v) is 3.39. The Morgan fingerprint density at radius 2 is 2.24 bits per heavy atom. The number of amides is 1. The number of aliphatic carboxylic acids is 1. The molecule has 1 N–H and O–H groups in total. The van der Waals surface area contributed by atoms with E-state index in [2.05, 4.69) is 0 Å². The van der Waals surface area contributed by atoms with Crippen LogP contribution in [0.25, 0.3) is 6.08 Å². The lowest BCUT2D eigenvalue weighted by Crippen LogP contribution is -2.26. The maximum Gasteiger partial charge on any atom is 0.303 e. The van der Waals surface area contributed by atoms with Gasteiger partial charge in [0.1, 0.15) is 5.75 Å². The molecule has 1 aliphatic heterocycles. The summed E-state index contributed by atoms with van der Waals surface area (Å²) in [4.78, 5) is 23.8. The Morgan fingerprint density at radius 3 is 3.00 bits per heavy atom. The number of benzene rings is 1. The second kappa shape index (κ2) is 6.92. The highest BCUT2D eigenvalue weighted by molar-refractivity contribution is 5.91. The Hall–Kier alpha value is -2.30. The molecule has 0 bridgehead atoms. The number of ether oxygens (including phenoxy) is 1. The van der Waals surface area contributed by atoms with Crippen LogP contribution in [-0.4, -0.2) is 42.1 Å². The van der Waals surface area contributed by atoms with E-state index < -0.39 is 5.97 Å². The van der Waals surface area contributed by atoms with Crippen molar-refractivity contribution in [2.24, 2.45) is 0 Å². The van der Waals surface area contributed by atoms with E-state index in [4.69, 9.17) is 9.84 Å².